The molecule has 3 N–H and O–H groups in total. The lowest BCUT2D eigenvalue weighted by atomic mass is 10.1. The highest BCUT2D eigenvalue weighted by Gasteiger charge is 2.17. The minimum Gasteiger partial charge on any atom is -0.481 e. The molecule has 1 heterocycles. The second kappa shape index (κ2) is 6.04. The Balaban J connectivity index is 2.47. The fourth-order valence-corrected chi connectivity index (χ4v) is 1.71. The second-order valence-electron chi connectivity index (χ2n) is 4.00. The normalized spacial score (nSPS) is 11.9. The van der Waals surface area contributed by atoms with Gasteiger partial charge in [-0.25, -0.2) is 4.79 Å². The van der Waals surface area contributed by atoms with E-state index < -0.39 is 12.0 Å². The van der Waals surface area contributed by atoms with Gasteiger partial charge in [0.1, 0.15) is 5.76 Å². The van der Waals surface area contributed by atoms with Crippen LogP contribution < -0.4 is 10.6 Å². The van der Waals surface area contributed by atoms with Crippen molar-refractivity contribution in [1.82, 2.24) is 15.8 Å². The van der Waals surface area contributed by atoms with Gasteiger partial charge in [0.15, 0.2) is 0 Å². The molecule has 0 saturated heterocycles. The Morgan fingerprint density at radius 2 is 2.11 bits per heavy atom. The van der Waals surface area contributed by atoms with Gasteiger partial charge >= 0.3 is 12.0 Å². The molecule has 0 fully saturated rings. The number of nitrogens with one attached hydrogen (secondary N) is 2. The van der Waals surface area contributed by atoms with E-state index in [0.29, 0.717) is 5.76 Å². The number of hydrogen-bond acceptors (Lipinski definition) is 4. The molecule has 0 aliphatic carbocycles. The quantitative estimate of drug-likeness (QED) is 0.731. The maximum absolute atomic E-state index is 11.5. The molecule has 0 aromatic carbocycles. The van der Waals surface area contributed by atoms with Crippen molar-refractivity contribution in [3.63, 3.8) is 0 Å². The number of aromatic nitrogens is 1. The number of carboxylic acid groups (broad SMARTS) is 1. The highest BCUT2D eigenvalue weighted by Crippen LogP contribution is 2.20. The highest BCUT2D eigenvalue weighted by molar-refractivity contribution is 5.75. The third kappa shape index (κ3) is 3.76. The van der Waals surface area contributed by atoms with E-state index in [4.69, 9.17) is 9.63 Å². The number of rotatable bonds is 5. The number of urea groups is 1. The molecule has 0 spiro atoms. The van der Waals surface area contributed by atoms with Crippen LogP contribution in [0.1, 0.15) is 36.4 Å². The fraction of sp³-hybridized carbons (Fsp3) is 0.545. The van der Waals surface area contributed by atoms with Crippen LogP contribution in [0.25, 0.3) is 0 Å². The van der Waals surface area contributed by atoms with Gasteiger partial charge in [-0.1, -0.05) is 5.16 Å². The van der Waals surface area contributed by atoms with Gasteiger partial charge in [0, 0.05) is 12.1 Å². The average Bonchev–Trinajstić information content (AvgIpc) is 2.57. The molecular weight excluding hydrogens is 238 g/mol. The summed E-state index contributed by atoms with van der Waals surface area (Å²) in [5.41, 5.74) is 1.56. The standard InChI is InChI=1S/C11H17N3O4/c1-6(10-7(2)14-18-8(10)3)13-11(17)12-5-4-9(15)16/h6H,4-5H2,1-3H3,(H,15,16)(H2,12,13,17). The van der Waals surface area contributed by atoms with Gasteiger partial charge in [-0.05, 0) is 20.8 Å². The van der Waals surface area contributed by atoms with E-state index in [2.05, 4.69) is 15.8 Å². The van der Waals surface area contributed by atoms with Crippen molar-refractivity contribution in [2.75, 3.05) is 6.54 Å². The first-order chi connectivity index (χ1) is 8.41. The molecule has 18 heavy (non-hydrogen) atoms. The number of aliphatic carboxylic acids is 1. The number of aryl methyl sites for hydroxylation is 2. The fourth-order valence-electron chi connectivity index (χ4n) is 1.71. The SMILES string of the molecule is Cc1noc(C)c1C(C)NC(=O)NCCC(=O)O. The summed E-state index contributed by atoms with van der Waals surface area (Å²) in [7, 11) is 0. The predicted molar refractivity (Wildman–Crippen MR) is 63.2 cm³/mol. The van der Waals surface area contributed by atoms with E-state index >= 15 is 0 Å². The Morgan fingerprint density at radius 1 is 1.44 bits per heavy atom. The van der Waals surface area contributed by atoms with Crippen molar-refractivity contribution in [2.24, 2.45) is 0 Å². The summed E-state index contributed by atoms with van der Waals surface area (Å²) >= 11 is 0. The van der Waals surface area contributed by atoms with E-state index in [1.54, 1.807) is 13.8 Å². The van der Waals surface area contributed by atoms with Crippen LogP contribution in [0.4, 0.5) is 4.79 Å². The summed E-state index contributed by atoms with van der Waals surface area (Å²) in [5, 5.41) is 17.4. The van der Waals surface area contributed by atoms with Gasteiger partial charge in [-0.3, -0.25) is 4.79 Å². The number of nitrogens with zero attached hydrogens (tertiary/aromatic N) is 1. The lowest BCUT2D eigenvalue weighted by Crippen LogP contribution is -2.38. The molecule has 1 aromatic heterocycles. The van der Waals surface area contributed by atoms with E-state index in [9.17, 15) is 9.59 Å². The number of carbonyl (C=O) groups is 2. The van der Waals surface area contributed by atoms with Crippen molar-refractivity contribution < 1.29 is 19.2 Å². The number of hydrogen-bond donors (Lipinski definition) is 3. The Hall–Kier alpha value is -2.05. The zero-order chi connectivity index (χ0) is 13.7. The molecule has 100 valence electrons. The molecule has 0 saturated carbocycles. The molecule has 1 aromatic rings. The molecule has 0 radical (unpaired) electrons. The lowest BCUT2D eigenvalue weighted by molar-refractivity contribution is -0.136. The first-order valence-corrected chi connectivity index (χ1v) is 5.60. The van der Waals surface area contributed by atoms with Gasteiger partial charge in [0.25, 0.3) is 0 Å². The van der Waals surface area contributed by atoms with Crippen LogP contribution in [0.15, 0.2) is 4.52 Å². The molecule has 0 aliphatic rings. The van der Waals surface area contributed by atoms with Crippen LogP contribution in [0.2, 0.25) is 0 Å². The molecular formula is C11H17N3O4. The third-order valence-corrected chi connectivity index (χ3v) is 2.49. The van der Waals surface area contributed by atoms with Crippen molar-refractivity contribution in [2.45, 2.75) is 33.2 Å². The van der Waals surface area contributed by atoms with Crippen molar-refractivity contribution in [3.05, 3.63) is 17.0 Å². The molecule has 1 rings (SSSR count). The van der Waals surface area contributed by atoms with Crippen LogP contribution >= 0.6 is 0 Å². The summed E-state index contributed by atoms with van der Waals surface area (Å²) in [4.78, 5) is 21.8. The lowest BCUT2D eigenvalue weighted by Gasteiger charge is -2.14. The Kier molecular flexibility index (Phi) is 4.70. The smallest absolute Gasteiger partial charge is 0.315 e. The predicted octanol–water partition coefficient (Wildman–Crippen LogP) is 1.13. The van der Waals surface area contributed by atoms with Gasteiger partial charge in [-0.15, -0.1) is 0 Å². The van der Waals surface area contributed by atoms with Gasteiger partial charge in [-0.2, -0.15) is 0 Å². The summed E-state index contributed by atoms with van der Waals surface area (Å²) in [6.07, 6.45) is -0.104. The van der Waals surface area contributed by atoms with Crippen LogP contribution in [0.3, 0.4) is 0 Å². The van der Waals surface area contributed by atoms with E-state index in [0.717, 1.165) is 11.3 Å². The zero-order valence-electron chi connectivity index (χ0n) is 10.6. The van der Waals surface area contributed by atoms with Crippen LogP contribution in [0, 0.1) is 13.8 Å². The maximum Gasteiger partial charge on any atom is 0.315 e. The molecule has 1 atom stereocenters. The second-order valence-corrected chi connectivity index (χ2v) is 4.00. The van der Waals surface area contributed by atoms with Crippen molar-refractivity contribution in [1.29, 1.82) is 0 Å². The minimum atomic E-state index is -0.950. The first kappa shape index (κ1) is 14.0. The van der Waals surface area contributed by atoms with Crippen LogP contribution in [-0.2, 0) is 4.79 Å². The van der Waals surface area contributed by atoms with E-state index in [1.807, 2.05) is 6.92 Å². The van der Waals surface area contributed by atoms with Crippen molar-refractivity contribution in [3.8, 4) is 0 Å². The average molecular weight is 255 g/mol. The van der Waals surface area contributed by atoms with E-state index in [-0.39, 0.29) is 19.0 Å². The number of carboxylic acids is 1. The Morgan fingerprint density at radius 3 is 2.61 bits per heavy atom. The summed E-state index contributed by atoms with van der Waals surface area (Å²) < 4.78 is 5.01. The molecule has 0 aliphatic heterocycles. The summed E-state index contributed by atoms with van der Waals surface area (Å²) in [5.74, 6) is -0.292. The van der Waals surface area contributed by atoms with Gasteiger partial charge in [0.2, 0.25) is 0 Å². The Bertz CT molecular complexity index is 422. The molecule has 0 bridgehead atoms. The van der Waals surface area contributed by atoms with E-state index in [1.165, 1.54) is 0 Å². The molecule has 1 unspecified atom stereocenters. The van der Waals surface area contributed by atoms with Crippen molar-refractivity contribution >= 4 is 12.0 Å². The maximum atomic E-state index is 11.5. The third-order valence-electron chi connectivity index (χ3n) is 2.49. The van der Waals surface area contributed by atoms with Gasteiger partial charge < -0.3 is 20.3 Å². The summed E-state index contributed by atoms with van der Waals surface area (Å²) in [6.45, 7) is 5.47. The monoisotopic (exact) mass is 255 g/mol. The largest absolute Gasteiger partial charge is 0.481 e. The van der Waals surface area contributed by atoms with Gasteiger partial charge in [0.05, 0.1) is 18.2 Å². The Labute approximate surface area is 105 Å². The minimum absolute atomic E-state index is 0.0927. The molecule has 2 amide bonds. The zero-order valence-corrected chi connectivity index (χ0v) is 10.6. The van der Waals surface area contributed by atoms with Crippen LogP contribution in [-0.4, -0.2) is 28.8 Å². The van der Waals surface area contributed by atoms with Crippen LogP contribution in [0.5, 0.6) is 0 Å². The summed E-state index contributed by atoms with van der Waals surface area (Å²) in [6, 6.07) is -0.662. The number of amides is 2. The number of carbonyl (C=O) groups excluding carboxylic acids is 1. The highest BCUT2D eigenvalue weighted by atomic mass is 16.5. The first-order valence-electron chi connectivity index (χ1n) is 5.60. The molecule has 7 heteroatoms. The topological polar surface area (TPSA) is 104 Å². The molecule has 7 nitrogen and oxygen atoms in total.